The first-order valence-electron chi connectivity index (χ1n) is 6.86. The van der Waals surface area contributed by atoms with Gasteiger partial charge in [0.05, 0.1) is 0 Å². The minimum absolute atomic E-state index is 0.0668. The Balaban J connectivity index is 2.12. The zero-order valence-corrected chi connectivity index (χ0v) is 12.5. The molecule has 2 N–H and O–H groups in total. The molecule has 2 unspecified atom stereocenters. The van der Waals surface area contributed by atoms with Gasteiger partial charge in [-0.3, -0.25) is 4.90 Å². The number of hydrogen-bond donors (Lipinski definition) is 1. The van der Waals surface area contributed by atoms with E-state index in [9.17, 15) is 4.39 Å². The summed E-state index contributed by atoms with van der Waals surface area (Å²) in [5.74, 6) is 1.05. The number of halogens is 1. The third-order valence-corrected chi connectivity index (χ3v) is 5.79. The molecule has 2 rings (SSSR count). The van der Waals surface area contributed by atoms with Crippen molar-refractivity contribution in [2.75, 3.05) is 19.3 Å². The highest BCUT2D eigenvalue weighted by Gasteiger charge is 2.40. The fourth-order valence-corrected chi connectivity index (χ4v) is 4.31. The van der Waals surface area contributed by atoms with Gasteiger partial charge in [-0.2, -0.15) is 11.8 Å². The van der Waals surface area contributed by atoms with Crippen LogP contribution in [0.2, 0.25) is 0 Å². The molecule has 1 aliphatic heterocycles. The van der Waals surface area contributed by atoms with E-state index in [1.165, 1.54) is 24.3 Å². The van der Waals surface area contributed by atoms with Gasteiger partial charge < -0.3 is 5.73 Å². The van der Waals surface area contributed by atoms with E-state index in [1.54, 1.807) is 0 Å². The Labute approximate surface area is 119 Å². The summed E-state index contributed by atoms with van der Waals surface area (Å²) >= 11 is 2.01. The summed E-state index contributed by atoms with van der Waals surface area (Å²) in [6.45, 7) is 3.78. The van der Waals surface area contributed by atoms with Crippen molar-refractivity contribution in [2.24, 2.45) is 5.73 Å². The molecule has 0 bridgehead atoms. The molecule has 1 heterocycles. The lowest BCUT2D eigenvalue weighted by atomic mass is 9.87. The number of thioether (sulfide) groups is 1. The van der Waals surface area contributed by atoms with Crippen molar-refractivity contribution in [3.63, 3.8) is 0 Å². The van der Waals surface area contributed by atoms with Crippen LogP contribution in [0.3, 0.4) is 0 Å². The van der Waals surface area contributed by atoms with Crippen molar-refractivity contribution >= 4 is 11.8 Å². The van der Waals surface area contributed by atoms with Crippen molar-refractivity contribution in [3.05, 3.63) is 35.6 Å². The maximum atomic E-state index is 12.9. The Bertz CT molecular complexity index is 409. The van der Waals surface area contributed by atoms with Crippen LogP contribution in [0.4, 0.5) is 4.39 Å². The Morgan fingerprint density at radius 2 is 2.11 bits per heavy atom. The quantitative estimate of drug-likeness (QED) is 0.921. The van der Waals surface area contributed by atoms with Crippen LogP contribution in [-0.2, 0) is 6.54 Å². The first-order valence-corrected chi connectivity index (χ1v) is 7.91. The molecule has 1 saturated heterocycles. The van der Waals surface area contributed by atoms with Crippen LogP contribution in [0.1, 0.15) is 25.3 Å². The van der Waals surface area contributed by atoms with Crippen molar-refractivity contribution < 1.29 is 4.39 Å². The summed E-state index contributed by atoms with van der Waals surface area (Å²) in [6, 6.07) is 6.77. The molecule has 1 aliphatic rings. The summed E-state index contributed by atoms with van der Waals surface area (Å²) in [7, 11) is 2.14. The van der Waals surface area contributed by atoms with Crippen molar-refractivity contribution in [1.29, 1.82) is 0 Å². The summed E-state index contributed by atoms with van der Waals surface area (Å²) < 4.78 is 12.9. The molecule has 19 heavy (non-hydrogen) atoms. The van der Waals surface area contributed by atoms with Crippen LogP contribution in [0.15, 0.2) is 24.3 Å². The maximum absolute atomic E-state index is 12.9. The predicted octanol–water partition coefficient (Wildman–Crippen LogP) is 2.87. The number of nitrogens with two attached hydrogens (primary N) is 1. The first-order chi connectivity index (χ1) is 9.08. The van der Waals surface area contributed by atoms with Crippen LogP contribution in [0.5, 0.6) is 0 Å². The first kappa shape index (κ1) is 14.8. The number of nitrogens with zero attached hydrogens (tertiary/aromatic N) is 1. The van der Waals surface area contributed by atoms with E-state index in [1.807, 2.05) is 23.9 Å². The van der Waals surface area contributed by atoms with Crippen LogP contribution >= 0.6 is 11.8 Å². The van der Waals surface area contributed by atoms with Crippen LogP contribution in [0, 0.1) is 5.82 Å². The average molecular weight is 282 g/mol. The Morgan fingerprint density at radius 3 is 2.68 bits per heavy atom. The molecule has 0 aromatic heterocycles. The fraction of sp³-hybridized carbons (Fsp3) is 0.600. The van der Waals surface area contributed by atoms with Crippen LogP contribution < -0.4 is 5.73 Å². The highest BCUT2D eigenvalue weighted by molar-refractivity contribution is 8.00. The lowest BCUT2D eigenvalue weighted by molar-refractivity contribution is 0.104. The highest BCUT2D eigenvalue weighted by atomic mass is 32.2. The van der Waals surface area contributed by atoms with Gasteiger partial charge >= 0.3 is 0 Å². The van der Waals surface area contributed by atoms with E-state index in [0.29, 0.717) is 11.8 Å². The molecule has 106 valence electrons. The number of rotatable bonds is 4. The molecule has 0 amide bonds. The summed E-state index contributed by atoms with van der Waals surface area (Å²) in [5, 5.41) is 0.539. The summed E-state index contributed by atoms with van der Waals surface area (Å²) in [6.07, 6.45) is 2.37. The zero-order valence-electron chi connectivity index (χ0n) is 11.7. The molecule has 4 heteroatoms. The molecule has 1 aromatic carbocycles. The molecule has 1 aromatic rings. The van der Waals surface area contributed by atoms with Gasteiger partial charge in [-0.1, -0.05) is 19.1 Å². The van der Waals surface area contributed by atoms with Crippen LogP contribution in [0.25, 0.3) is 0 Å². The van der Waals surface area contributed by atoms with E-state index in [0.717, 1.165) is 18.5 Å². The highest BCUT2D eigenvalue weighted by Crippen LogP contribution is 2.37. The smallest absolute Gasteiger partial charge is 0.123 e. The zero-order chi connectivity index (χ0) is 13.9. The van der Waals surface area contributed by atoms with E-state index >= 15 is 0 Å². The Kier molecular flexibility index (Phi) is 4.87. The molecule has 0 saturated carbocycles. The largest absolute Gasteiger partial charge is 0.329 e. The second-order valence-electron chi connectivity index (χ2n) is 5.41. The SMILES string of the molecule is CC1SCCCC1(CN)N(C)Cc1ccc(F)cc1. The third kappa shape index (κ3) is 3.12. The average Bonchev–Trinajstić information content (AvgIpc) is 2.42. The molecule has 0 aliphatic carbocycles. The third-order valence-electron chi connectivity index (χ3n) is 4.33. The molecular formula is C15H23FN2S. The van der Waals surface area contributed by atoms with Gasteiger partial charge in [0.2, 0.25) is 0 Å². The molecule has 2 atom stereocenters. The van der Waals surface area contributed by atoms with E-state index in [4.69, 9.17) is 5.73 Å². The minimum Gasteiger partial charge on any atom is -0.329 e. The number of benzene rings is 1. The molecule has 0 spiro atoms. The van der Waals surface area contributed by atoms with Crippen molar-refractivity contribution in [3.8, 4) is 0 Å². The van der Waals surface area contributed by atoms with E-state index in [2.05, 4.69) is 18.9 Å². The van der Waals surface area contributed by atoms with Crippen molar-refractivity contribution in [1.82, 2.24) is 4.90 Å². The van der Waals surface area contributed by atoms with Gasteiger partial charge in [0.1, 0.15) is 5.82 Å². The number of hydrogen-bond acceptors (Lipinski definition) is 3. The summed E-state index contributed by atoms with van der Waals surface area (Å²) in [5.41, 5.74) is 7.30. The van der Waals surface area contributed by atoms with Gasteiger partial charge in [-0.15, -0.1) is 0 Å². The molecular weight excluding hydrogens is 259 g/mol. The van der Waals surface area contributed by atoms with Gasteiger partial charge in [0.25, 0.3) is 0 Å². The standard InChI is InChI=1S/C15H23FN2S/c1-12-15(11-17,8-3-9-19-12)18(2)10-13-4-6-14(16)7-5-13/h4-7,12H,3,8-11,17H2,1-2H3. The van der Waals surface area contributed by atoms with E-state index in [-0.39, 0.29) is 11.4 Å². The number of likely N-dealkylation sites (N-methyl/N-ethyl adjacent to an activating group) is 1. The summed E-state index contributed by atoms with van der Waals surface area (Å²) in [4.78, 5) is 2.36. The Hall–Kier alpha value is -0.580. The second kappa shape index (κ2) is 6.25. The lowest BCUT2D eigenvalue weighted by Crippen LogP contribution is -2.59. The molecule has 0 radical (unpaired) electrons. The van der Waals surface area contributed by atoms with Crippen molar-refractivity contribution in [2.45, 2.75) is 37.1 Å². The van der Waals surface area contributed by atoms with Gasteiger partial charge in [0, 0.05) is 23.9 Å². The van der Waals surface area contributed by atoms with Gasteiger partial charge in [-0.05, 0) is 43.3 Å². The lowest BCUT2D eigenvalue weighted by Gasteiger charge is -2.48. The Morgan fingerprint density at radius 1 is 1.42 bits per heavy atom. The van der Waals surface area contributed by atoms with Gasteiger partial charge in [-0.25, -0.2) is 4.39 Å². The monoisotopic (exact) mass is 282 g/mol. The fourth-order valence-electron chi connectivity index (χ4n) is 2.94. The predicted molar refractivity (Wildman–Crippen MR) is 80.8 cm³/mol. The minimum atomic E-state index is -0.179. The molecule has 1 fully saturated rings. The molecule has 2 nitrogen and oxygen atoms in total. The normalized spacial score (nSPS) is 27.7. The van der Waals surface area contributed by atoms with Crippen LogP contribution in [-0.4, -0.2) is 35.0 Å². The van der Waals surface area contributed by atoms with E-state index < -0.39 is 0 Å². The maximum Gasteiger partial charge on any atom is 0.123 e. The van der Waals surface area contributed by atoms with Gasteiger partial charge in [0.15, 0.2) is 0 Å². The second-order valence-corrected chi connectivity index (χ2v) is 6.86. The topological polar surface area (TPSA) is 29.3 Å².